The minimum atomic E-state index is -0.320. The Morgan fingerprint density at radius 2 is 1.84 bits per heavy atom. The third-order valence-electron chi connectivity index (χ3n) is 4.27. The van der Waals surface area contributed by atoms with Crippen LogP contribution in [0.15, 0.2) is 60.8 Å². The summed E-state index contributed by atoms with van der Waals surface area (Å²) in [5.74, 6) is 0. The SMILES string of the molecule is C1=CC2OC2(c2ccccn2)C2=C1c1ccccc12. The van der Waals surface area contributed by atoms with E-state index in [0.717, 1.165) is 5.69 Å². The Hall–Kier alpha value is -2.19. The molecule has 2 aromatic rings. The normalized spacial score (nSPS) is 29.2. The Morgan fingerprint density at radius 3 is 2.68 bits per heavy atom. The number of epoxide rings is 1. The summed E-state index contributed by atoms with van der Waals surface area (Å²) in [6, 6.07) is 14.6. The molecule has 0 bridgehead atoms. The molecular weight excluding hydrogens is 234 g/mol. The van der Waals surface area contributed by atoms with Crippen molar-refractivity contribution in [1.29, 1.82) is 0 Å². The molecule has 0 radical (unpaired) electrons. The maximum Gasteiger partial charge on any atom is 0.167 e. The Labute approximate surface area is 111 Å². The van der Waals surface area contributed by atoms with Crippen molar-refractivity contribution in [1.82, 2.24) is 4.98 Å². The van der Waals surface area contributed by atoms with Gasteiger partial charge in [-0.1, -0.05) is 42.5 Å². The van der Waals surface area contributed by atoms with Gasteiger partial charge in [0.25, 0.3) is 0 Å². The zero-order valence-corrected chi connectivity index (χ0v) is 10.2. The van der Waals surface area contributed by atoms with E-state index in [9.17, 15) is 0 Å². The lowest BCUT2D eigenvalue weighted by Crippen LogP contribution is -2.25. The minimum absolute atomic E-state index is 0.148. The number of pyridine rings is 1. The van der Waals surface area contributed by atoms with E-state index in [1.165, 1.54) is 22.3 Å². The highest BCUT2D eigenvalue weighted by Crippen LogP contribution is 2.64. The number of hydrogen-bond acceptors (Lipinski definition) is 2. The number of ether oxygens (including phenoxy) is 1. The first-order valence-corrected chi connectivity index (χ1v) is 6.53. The Balaban J connectivity index is 1.75. The van der Waals surface area contributed by atoms with Gasteiger partial charge in [0.15, 0.2) is 5.60 Å². The molecule has 2 unspecified atom stereocenters. The van der Waals surface area contributed by atoms with Crippen LogP contribution in [0.25, 0.3) is 11.1 Å². The van der Waals surface area contributed by atoms with E-state index in [4.69, 9.17) is 4.74 Å². The lowest BCUT2D eigenvalue weighted by atomic mass is 9.69. The fourth-order valence-electron chi connectivity index (χ4n) is 3.37. The van der Waals surface area contributed by atoms with Crippen molar-refractivity contribution in [3.63, 3.8) is 0 Å². The van der Waals surface area contributed by atoms with Crippen LogP contribution < -0.4 is 0 Å². The minimum Gasteiger partial charge on any atom is -0.350 e. The predicted molar refractivity (Wildman–Crippen MR) is 73.2 cm³/mol. The maximum absolute atomic E-state index is 6.04. The van der Waals surface area contributed by atoms with Crippen LogP contribution in [0.1, 0.15) is 16.8 Å². The maximum atomic E-state index is 6.04. The molecule has 2 aliphatic carbocycles. The van der Waals surface area contributed by atoms with E-state index in [1.807, 2.05) is 18.3 Å². The summed E-state index contributed by atoms with van der Waals surface area (Å²) in [6.45, 7) is 0. The van der Waals surface area contributed by atoms with Gasteiger partial charge < -0.3 is 4.74 Å². The summed E-state index contributed by atoms with van der Waals surface area (Å²) in [5, 5.41) is 0. The first kappa shape index (κ1) is 9.70. The summed E-state index contributed by atoms with van der Waals surface area (Å²) in [4.78, 5) is 4.51. The molecule has 90 valence electrons. The highest BCUT2D eigenvalue weighted by Gasteiger charge is 2.64. The number of aromatic nitrogens is 1. The second-order valence-corrected chi connectivity index (χ2v) is 5.18. The number of allylic oxidation sites excluding steroid dienone is 2. The molecule has 3 aliphatic rings. The Bertz CT molecular complexity index is 760. The molecule has 1 aliphatic heterocycles. The van der Waals surface area contributed by atoms with E-state index in [1.54, 1.807) is 0 Å². The molecule has 0 spiro atoms. The topological polar surface area (TPSA) is 25.4 Å². The second-order valence-electron chi connectivity index (χ2n) is 5.18. The average molecular weight is 245 g/mol. The van der Waals surface area contributed by atoms with Crippen LogP contribution in [0.4, 0.5) is 0 Å². The van der Waals surface area contributed by atoms with Crippen molar-refractivity contribution < 1.29 is 4.74 Å². The third kappa shape index (κ3) is 1.00. The molecule has 1 fully saturated rings. The van der Waals surface area contributed by atoms with Crippen LogP contribution in [0.5, 0.6) is 0 Å². The van der Waals surface area contributed by atoms with Gasteiger partial charge in [-0.3, -0.25) is 4.98 Å². The van der Waals surface area contributed by atoms with Crippen LogP contribution in [0.3, 0.4) is 0 Å². The standard InChI is InChI=1S/C17H11NO/c1-2-6-12-11(5-1)13-8-9-15-17(19-15,16(12)13)14-7-3-4-10-18-14/h1-10,15H. The van der Waals surface area contributed by atoms with Crippen LogP contribution in [-0.2, 0) is 10.3 Å². The van der Waals surface area contributed by atoms with Gasteiger partial charge >= 0.3 is 0 Å². The molecule has 2 heteroatoms. The molecule has 0 N–H and O–H groups in total. The molecule has 5 rings (SSSR count). The number of fused-ring (bicyclic) bond motifs is 5. The fraction of sp³-hybridized carbons (Fsp3) is 0.118. The van der Waals surface area contributed by atoms with E-state index in [-0.39, 0.29) is 11.7 Å². The molecule has 0 saturated carbocycles. The largest absolute Gasteiger partial charge is 0.350 e. The third-order valence-corrected chi connectivity index (χ3v) is 4.27. The van der Waals surface area contributed by atoms with Gasteiger partial charge in [-0.2, -0.15) is 0 Å². The number of hydrogen-bond donors (Lipinski definition) is 0. The van der Waals surface area contributed by atoms with Gasteiger partial charge in [0.1, 0.15) is 6.10 Å². The van der Waals surface area contributed by atoms with Crippen molar-refractivity contribution in [2.45, 2.75) is 11.7 Å². The number of benzene rings is 1. The molecule has 2 heterocycles. The lowest BCUT2D eigenvalue weighted by molar-refractivity contribution is 0.348. The van der Waals surface area contributed by atoms with Crippen molar-refractivity contribution in [2.75, 3.05) is 0 Å². The number of nitrogens with zero attached hydrogens (tertiary/aromatic N) is 1. The van der Waals surface area contributed by atoms with E-state index < -0.39 is 0 Å². The van der Waals surface area contributed by atoms with E-state index in [0.29, 0.717) is 0 Å². The quantitative estimate of drug-likeness (QED) is 0.721. The first-order valence-electron chi connectivity index (χ1n) is 6.53. The number of rotatable bonds is 1. The van der Waals surface area contributed by atoms with Gasteiger partial charge in [-0.05, 0) is 28.8 Å². The highest BCUT2D eigenvalue weighted by molar-refractivity contribution is 6.12. The van der Waals surface area contributed by atoms with Crippen LogP contribution >= 0.6 is 0 Å². The van der Waals surface area contributed by atoms with Gasteiger partial charge in [0.2, 0.25) is 0 Å². The second kappa shape index (κ2) is 3.03. The Morgan fingerprint density at radius 1 is 1.00 bits per heavy atom. The first-order chi connectivity index (χ1) is 9.41. The van der Waals surface area contributed by atoms with Crippen LogP contribution in [-0.4, -0.2) is 11.1 Å². The van der Waals surface area contributed by atoms with Gasteiger partial charge in [-0.25, -0.2) is 0 Å². The highest BCUT2D eigenvalue weighted by atomic mass is 16.6. The predicted octanol–water partition coefficient (Wildman–Crippen LogP) is 3.17. The summed E-state index contributed by atoms with van der Waals surface area (Å²) >= 11 is 0. The molecule has 1 aromatic carbocycles. The van der Waals surface area contributed by atoms with Crippen molar-refractivity contribution in [3.05, 3.63) is 77.6 Å². The van der Waals surface area contributed by atoms with E-state index >= 15 is 0 Å². The fourth-order valence-corrected chi connectivity index (χ4v) is 3.37. The van der Waals surface area contributed by atoms with Gasteiger partial charge in [0.05, 0.1) is 5.69 Å². The molecule has 1 saturated heterocycles. The smallest absolute Gasteiger partial charge is 0.167 e. The summed E-state index contributed by atoms with van der Waals surface area (Å²) < 4.78 is 6.04. The van der Waals surface area contributed by atoms with Gasteiger partial charge in [0, 0.05) is 11.8 Å². The molecule has 2 nitrogen and oxygen atoms in total. The molecule has 1 aromatic heterocycles. The van der Waals surface area contributed by atoms with E-state index in [2.05, 4.69) is 47.5 Å². The van der Waals surface area contributed by atoms with Crippen LogP contribution in [0, 0.1) is 0 Å². The van der Waals surface area contributed by atoms with Crippen molar-refractivity contribution in [3.8, 4) is 0 Å². The average Bonchev–Trinajstić information content (AvgIpc) is 3.19. The zero-order chi connectivity index (χ0) is 12.4. The summed E-state index contributed by atoms with van der Waals surface area (Å²) in [7, 11) is 0. The molecule has 0 amide bonds. The monoisotopic (exact) mass is 245 g/mol. The molecule has 19 heavy (non-hydrogen) atoms. The van der Waals surface area contributed by atoms with Crippen molar-refractivity contribution >= 4 is 11.1 Å². The van der Waals surface area contributed by atoms with Gasteiger partial charge in [-0.15, -0.1) is 0 Å². The molecule has 2 atom stereocenters. The summed E-state index contributed by atoms with van der Waals surface area (Å²) in [6.07, 6.45) is 6.33. The zero-order valence-electron chi connectivity index (χ0n) is 10.2. The molecular formula is C17H11NO. The van der Waals surface area contributed by atoms with Crippen LogP contribution in [0.2, 0.25) is 0 Å². The lowest BCUT2D eigenvalue weighted by Gasteiger charge is -2.32. The Kier molecular flexibility index (Phi) is 1.55. The summed E-state index contributed by atoms with van der Waals surface area (Å²) in [5.41, 5.74) is 5.98. The van der Waals surface area contributed by atoms with Crippen molar-refractivity contribution in [2.24, 2.45) is 0 Å².